The fourth-order valence-corrected chi connectivity index (χ4v) is 3.27. The molecule has 3 aromatic rings. The Balaban J connectivity index is 1.82. The number of anilines is 1. The summed E-state index contributed by atoms with van der Waals surface area (Å²) in [4.78, 5) is 27.3. The minimum absolute atomic E-state index is 0.163. The van der Waals surface area contributed by atoms with Gasteiger partial charge in [-0.3, -0.25) is 9.59 Å². The molecule has 0 aliphatic heterocycles. The van der Waals surface area contributed by atoms with Crippen LogP contribution in [-0.4, -0.2) is 25.1 Å². The first-order chi connectivity index (χ1) is 14.2. The van der Waals surface area contributed by atoms with Gasteiger partial charge in [-0.05, 0) is 46.9 Å². The van der Waals surface area contributed by atoms with Crippen molar-refractivity contribution in [1.82, 2.24) is 4.98 Å². The summed E-state index contributed by atoms with van der Waals surface area (Å²) >= 11 is 0. The molecule has 30 heavy (non-hydrogen) atoms. The van der Waals surface area contributed by atoms with Crippen LogP contribution in [0.25, 0.3) is 17.0 Å². The van der Waals surface area contributed by atoms with E-state index in [9.17, 15) is 9.59 Å². The van der Waals surface area contributed by atoms with E-state index in [1.54, 1.807) is 44.6 Å². The number of nitrogens with one attached hydrogen (secondary N) is 2. The summed E-state index contributed by atoms with van der Waals surface area (Å²) in [5.74, 6) is 0.936. The first kappa shape index (κ1) is 21.2. The highest BCUT2D eigenvalue weighted by Crippen LogP contribution is 2.30. The fourth-order valence-electron chi connectivity index (χ4n) is 3.27. The summed E-state index contributed by atoms with van der Waals surface area (Å²) in [7, 11) is 3.13. The number of fused-ring (bicyclic) bond motifs is 1. The lowest BCUT2D eigenvalue weighted by atomic mass is 9.85. The maximum atomic E-state index is 12.4. The predicted molar refractivity (Wildman–Crippen MR) is 120 cm³/mol. The van der Waals surface area contributed by atoms with Crippen LogP contribution in [0.15, 0.2) is 53.3 Å². The summed E-state index contributed by atoms with van der Waals surface area (Å²) < 4.78 is 10.5. The number of rotatable bonds is 5. The Hall–Kier alpha value is -3.54. The summed E-state index contributed by atoms with van der Waals surface area (Å²) in [6.45, 7) is 6.20. The van der Waals surface area contributed by atoms with E-state index in [0.717, 1.165) is 16.5 Å². The van der Waals surface area contributed by atoms with Crippen LogP contribution in [0.4, 0.5) is 5.69 Å². The van der Waals surface area contributed by atoms with Crippen LogP contribution in [-0.2, 0) is 10.2 Å². The third-order valence-corrected chi connectivity index (χ3v) is 4.75. The number of amides is 1. The van der Waals surface area contributed by atoms with Crippen molar-refractivity contribution in [1.29, 1.82) is 0 Å². The van der Waals surface area contributed by atoms with Crippen LogP contribution in [0.1, 0.15) is 31.9 Å². The molecule has 0 radical (unpaired) electrons. The molecule has 0 spiro atoms. The van der Waals surface area contributed by atoms with Gasteiger partial charge < -0.3 is 19.8 Å². The molecule has 2 aromatic carbocycles. The van der Waals surface area contributed by atoms with Crippen LogP contribution >= 0.6 is 0 Å². The van der Waals surface area contributed by atoms with Crippen molar-refractivity contribution in [2.24, 2.45) is 0 Å². The quantitative estimate of drug-likeness (QED) is 0.612. The molecule has 6 heteroatoms. The molecule has 0 saturated heterocycles. The van der Waals surface area contributed by atoms with E-state index in [2.05, 4.69) is 31.1 Å². The van der Waals surface area contributed by atoms with E-state index in [0.29, 0.717) is 22.7 Å². The van der Waals surface area contributed by atoms with Gasteiger partial charge in [-0.25, -0.2) is 0 Å². The number of benzene rings is 2. The molecular formula is C24H26N2O4. The third kappa shape index (κ3) is 4.71. The van der Waals surface area contributed by atoms with Crippen molar-refractivity contribution in [2.45, 2.75) is 26.2 Å². The predicted octanol–water partition coefficient (Wildman–Crippen LogP) is 4.49. The average molecular weight is 406 g/mol. The normalized spacial score (nSPS) is 11.6. The van der Waals surface area contributed by atoms with E-state index < -0.39 is 0 Å². The molecule has 3 rings (SSSR count). The van der Waals surface area contributed by atoms with Crippen LogP contribution in [0.2, 0.25) is 0 Å². The second kappa shape index (κ2) is 8.45. The van der Waals surface area contributed by atoms with E-state index >= 15 is 0 Å². The molecule has 0 aliphatic rings. The Morgan fingerprint density at radius 1 is 1.00 bits per heavy atom. The molecule has 0 unspecified atom stereocenters. The van der Waals surface area contributed by atoms with Gasteiger partial charge in [0.25, 0.3) is 0 Å². The lowest BCUT2D eigenvalue weighted by Crippen LogP contribution is -2.17. The number of hydrogen-bond acceptors (Lipinski definition) is 4. The number of hydrogen-bond donors (Lipinski definition) is 2. The number of carbonyl (C=O) groups excluding carboxylic acids is 1. The SMILES string of the molecule is COc1ccc(/C=C\C(=O)Nc2ccc3c(C(C)(C)C)cc(=O)[nH]c3c2)cc1OC. The largest absolute Gasteiger partial charge is 0.493 e. The number of carbonyl (C=O) groups is 1. The first-order valence-electron chi connectivity index (χ1n) is 9.60. The van der Waals surface area contributed by atoms with Crippen LogP contribution in [0.5, 0.6) is 11.5 Å². The van der Waals surface area contributed by atoms with Crippen LogP contribution in [0, 0.1) is 0 Å². The van der Waals surface area contributed by atoms with Crippen molar-refractivity contribution >= 4 is 28.6 Å². The summed E-state index contributed by atoms with van der Waals surface area (Å²) in [6.07, 6.45) is 3.14. The highest BCUT2D eigenvalue weighted by Gasteiger charge is 2.18. The highest BCUT2D eigenvalue weighted by atomic mass is 16.5. The minimum Gasteiger partial charge on any atom is -0.493 e. The number of methoxy groups -OCH3 is 2. The zero-order chi connectivity index (χ0) is 21.9. The van der Waals surface area contributed by atoms with Gasteiger partial charge in [0.05, 0.1) is 19.7 Å². The molecule has 0 aliphatic carbocycles. The van der Waals surface area contributed by atoms with Crippen molar-refractivity contribution in [3.05, 3.63) is 70.0 Å². The van der Waals surface area contributed by atoms with E-state index in [1.807, 2.05) is 18.2 Å². The molecule has 0 fully saturated rings. The van der Waals surface area contributed by atoms with Gasteiger partial charge in [0.2, 0.25) is 11.5 Å². The topological polar surface area (TPSA) is 80.4 Å². The van der Waals surface area contributed by atoms with Crippen molar-refractivity contribution < 1.29 is 14.3 Å². The minimum atomic E-state index is -0.279. The molecule has 0 bridgehead atoms. The summed E-state index contributed by atoms with van der Waals surface area (Å²) in [6, 6.07) is 12.6. The Morgan fingerprint density at radius 2 is 1.73 bits per heavy atom. The average Bonchev–Trinajstić information content (AvgIpc) is 2.70. The van der Waals surface area contributed by atoms with Gasteiger partial charge in [-0.2, -0.15) is 0 Å². The molecule has 2 N–H and O–H groups in total. The third-order valence-electron chi connectivity index (χ3n) is 4.75. The molecular weight excluding hydrogens is 380 g/mol. The van der Waals surface area contributed by atoms with Crippen LogP contribution < -0.4 is 20.3 Å². The smallest absolute Gasteiger partial charge is 0.248 e. The highest BCUT2D eigenvalue weighted by molar-refractivity contribution is 6.03. The fraction of sp³-hybridized carbons (Fsp3) is 0.250. The standard InChI is InChI=1S/C24H26N2O4/c1-24(2,3)18-14-23(28)26-19-13-16(8-9-17(18)19)25-22(27)11-7-15-6-10-20(29-4)21(12-15)30-5/h6-14H,1-5H3,(H,25,27)(H,26,28)/b11-7-. The van der Waals surface area contributed by atoms with Gasteiger partial charge in [0.15, 0.2) is 11.5 Å². The van der Waals surface area contributed by atoms with E-state index in [1.165, 1.54) is 6.08 Å². The molecule has 156 valence electrons. The van der Waals surface area contributed by atoms with Gasteiger partial charge in [-0.1, -0.05) is 32.9 Å². The zero-order valence-corrected chi connectivity index (χ0v) is 17.8. The second-order valence-electron chi connectivity index (χ2n) is 7.99. The summed E-state index contributed by atoms with van der Waals surface area (Å²) in [5, 5.41) is 3.79. The molecule has 1 heterocycles. The Bertz CT molecular complexity index is 1170. The number of H-pyrrole nitrogens is 1. The number of aromatic amines is 1. The van der Waals surface area contributed by atoms with Crippen LogP contribution in [0.3, 0.4) is 0 Å². The Morgan fingerprint density at radius 3 is 2.40 bits per heavy atom. The lowest BCUT2D eigenvalue weighted by Gasteiger charge is -2.21. The number of pyridine rings is 1. The first-order valence-corrected chi connectivity index (χ1v) is 9.60. The van der Waals surface area contributed by atoms with Crippen molar-refractivity contribution in [3.63, 3.8) is 0 Å². The van der Waals surface area contributed by atoms with Gasteiger partial charge in [-0.15, -0.1) is 0 Å². The number of ether oxygens (including phenoxy) is 2. The van der Waals surface area contributed by atoms with Crippen molar-refractivity contribution in [3.8, 4) is 11.5 Å². The molecule has 6 nitrogen and oxygen atoms in total. The van der Waals surface area contributed by atoms with Gasteiger partial charge >= 0.3 is 0 Å². The molecule has 1 amide bonds. The molecule has 1 aromatic heterocycles. The van der Waals surface area contributed by atoms with E-state index in [-0.39, 0.29) is 16.9 Å². The van der Waals surface area contributed by atoms with Gasteiger partial charge in [0, 0.05) is 23.2 Å². The summed E-state index contributed by atoms with van der Waals surface area (Å²) in [5.41, 5.74) is 2.73. The molecule has 0 saturated carbocycles. The molecule has 0 atom stereocenters. The maximum Gasteiger partial charge on any atom is 0.248 e. The lowest BCUT2D eigenvalue weighted by molar-refractivity contribution is -0.111. The monoisotopic (exact) mass is 406 g/mol. The Kier molecular flexibility index (Phi) is 5.96. The zero-order valence-electron chi connectivity index (χ0n) is 17.8. The van der Waals surface area contributed by atoms with Crippen molar-refractivity contribution in [2.75, 3.05) is 19.5 Å². The van der Waals surface area contributed by atoms with E-state index in [4.69, 9.17) is 9.47 Å². The Labute approximate surface area is 175 Å². The number of aromatic nitrogens is 1. The van der Waals surface area contributed by atoms with Gasteiger partial charge in [0.1, 0.15) is 0 Å². The maximum absolute atomic E-state index is 12.4. The second-order valence-corrected chi connectivity index (χ2v) is 7.99.